The number of methoxy groups -OCH3 is 1. The summed E-state index contributed by atoms with van der Waals surface area (Å²) in [7, 11) is 1.54. The van der Waals surface area contributed by atoms with E-state index in [1.807, 2.05) is 13.0 Å². The Bertz CT molecular complexity index is 725. The van der Waals surface area contributed by atoms with Crippen molar-refractivity contribution in [2.24, 2.45) is 0 Å². The van der Waals surface area contributed by atoms with Gasteiger partial charge in [-0.15, -0.1) is 6.42 Å². The quantitative estimate of drug-likeness (QED) is 0.472. The molecule has 0 bridgehead atoms. The van der Waals surface area contributed by atoms with Crippen LogP contribution in [0.4, 0.5) is 0 Å². The summed E-state index contributed by atoms with van der Waals surface area (Å²) in [4.78, 5) is 13.7. The highest BCUT2D eigenvalue weighted by atomic mass is 79.9. The van der Waals surface area contributed by atoms with Crippen LogP contribution in [0.15, 0.2) is 22.3 Å². The van der Waals surface area contributed by atoms with E-state index in [9.17, 15) is 4.79 Å². The van der Waals surface area contributed by atoms with E-state index < -0.39 is 0 Å². The minimum atomic E-state index is -0.153. The van der Waals surface area contributed by atoms with Gasteiger partial charge >= 0.3 is 0 Å². The molecule has 0 radical (unpaired) electrons. The lowest BCUT2D eigenvalue weighted by atomic mass is 10.1. The lowest BCUT2D eigenvalue weighted by molar-refractivity contribution is -0.122. The highest BCUT2D eigenvalue weighted by Gasteiger charge is 2.29. The highest BCUT2D eigenvalue weighted by Crippen LogP contribution is 2.37. The number of ether oxygens (including phenoxy) is 2. The fraction of sp³-hybridized carbons (Fsp3) is 0.250. The van der Waals surface area contributed by atoms with Crippen LogP contribution in [0.5, 0.6) is 11.5 Å². The van der Waals surface area contributed by atoms with E-state index in [-0.39, 0.29) is 12.5 Å². The smallest absolute Gasteiger partial charge is 0.276 e. The van der Waals surface area contributed by atoms with E-state index in [0.29, 0.717) is 33.3 Å². The van der Waals surface area contributed by atoms with E-state index in [0.717, 1.165) is 5.56 Å². The first kappa shape index (κ1) is 17.3. The molecule has 7 heteroatoms. The molecule has 1 aliphatic rings. The average molecular weight is 395 g/mol. The molecule has 1 amide bonds. The number of amides is 1. The molecule has 0 aromatic heterocycles. The van der Waals surface area contributed by atoms with Crippen molar-refractivity contribution < 1.29 is 14.3 Å². The first-order valence-corrected chi connectivity index (χ1v) is 8.00. The van der Waals surface area contributed by atoms with E-state index in [4.69, 9.17) is 28.1 Å². The topological polar surface area (TPSA) is 50.8 Å². The van der Waals surface area contributed by atoms with Crippen molar-refractivity contribution in [1.82, 2.24) is 10.2 Å². The van der Waals surface area contributed by atoms with Crippen LogP contribution in [0.25, 0.3) is 6.08 Å². The van der Waals surface area contributed by atoms with Crippen LogP contribution < -0.4 is 14.8 Å². The van der Waals surface area contributed by atoms with E-state index in [1.165, 1.54) is 12.0 Å². The SMILES string of the molecule is C#CCOc1c(Br)cc(C=C2NC(=S)N(CC)C2=O)cc1OC. The molecule has 0 saturated carbocycles. The molecule has 0 atom stereocenters. The Morgan fingerprint density at radius 1 is 1.52 bits per heavy atom. The van der Waals surface area contributed by atoms with Crippen LogP contribution in [0.3, 0.4) is 0 Å². The van der Waals surface area contributed by atoms with Gasteiger partial charge in [-0.1, -0.05) is 5.92 Å². The lowest BCUT2D eigenvalue weighted by Crippen LogP contribution is -2.30. The number of hydrogen-bond donors (Lipinski definition) is 1. The Balaban J connectivity index is 2.37. The van der Waals surface area contributed by atoms with Crippen molar-refractivity contribution in [1.29, 1.82) is 0 Å². The van der Waals surface area contributed by atoms with Gasteiger partial charge in [0.25, 0.3) is 5.91 Å². The van der Waals surface area contributed by atoms with Crippen LogP contribution in [-0.4, -0.2) is 36.2 Å². The Hall–Kier alpha value is -2.04. The maximum absolute atomic E-state index is 12.2. The van der Waals surface area contributed by atoms with Crippen LogP contribution in [0, 0.1) is 12.3 Å². The number of halogens is 1. The second-order valence-corrected chi connectivity index (χ2v) is 5.81. The summed E-state index contributed by atoms with van der Waals surface area (Å²) in [6.45, 7) is 2.52. The number of nitrogens with one attached hydrogen (secondary N) is 1. The van der Waals surface area contributed by atoms with Gasteiger partial charge in [0.2, 0.25) is 0 Å². The first-order chi connectivity index (χ1) is 11.0. The van der Waals surface area contributed by atoms with Gasteiger partial charge < -0.3 is 14.8 Å². The molecular formula is C16H15BrN2O3S. The van der Waals surface area contributed by atoms with Crippen molar-refractivity contribution in [3.8, 4) is 23.8 Å². The average Bonchev–Trinajstić information content (AvgIpc) is 2.79. The molecule has 1 aromatic carbocycles. The molecule has 1 aliphatic heterocycles. The third kappa shape index (κ3) is 3.66. The summed E-state index contributed by atoms with van der Waals surface area (Å²) in [6.07, 6.45) is 6.92. The number of thiocarbonyl (C=S) groups is 1. The van der Waals surface area contributed by atoms with Gasteiger partial charge in [-0.2, -0.15) is 0 Å². The minimum absolute atomic E-state index is 0.134. The van der Waals surface area contributed by atoms with Crippen LogP contribution in [-0.2, 0) is 4.79 Å². The zero-order chi connectivity index (χ0) is 17.0. The second-order valence-electron chi connectivity index (χ2n) is 4.56. The van der Waals surface area contributed by atoms with Gasteiger partial charge in [0, 0.05) is 6.54 Å². The molecule has 5 nitrogen and oxygen atoms in total. The fourth-order valence-corrected chi connectivity index (χ4v) is 3.00. The molecule has 0 unspecified atom stereocenters. The summed E-state index contributed by atoms with van der Waals surface area (Å²) in [5.74, 6) is 3.29. The largest absolute Gasteiger partial charge is 0.493 e. The van der Waals surface area contributed by atoms with E-state index >= 15 is 0 Å². The molecule has 1 aromatic rings. The Labute approximate surface area is 148 Å². The van der Waals surface area contributed by atoms with Gasteiger partial charge in [0.15, 0.2) is 16.6 Å². The van der Waals surface area contributed by atoms with Crippen LogP contribution >= 0.6 is 28.1 Å². The predicted molar refractivity (Wildman–Crippen MR) is 96.1 cm³/mol. The molecular weight excluding hydrogens is 380 g/mol. The predicted octanol–water partition coefficient (Wildman–Crippen LogP) is 2.55. The monoisotopic (exact) mass is 394 g/mol. The second kappa shape index (κ2) is 7.49. The van der Waals surface area contributed by atoms with Crippen LogP contribution in [0.2, 0.25) is 0 Å². The third-order valence-electron chi connectivity index (χ3n) is 3.14. The lowest BCUT2D eigenvalue weighted by Gasteiger charge is -2.12. The Morgan fingerprint density at radius 3 is 2.83 bits per heavy atom. The van der Waals surface area contributed by atoms with Gasteiger partial charge in [-0.3, -0.25) is 9.69 Å². The normalized spacial score (nSPS) is 15.6. The molecule has 1 fully saturated rings. The zero-order valence-corrected chi connectivity index (χ0v) is 15.1. The number of carbonyl (C=O) groups is 1. The fourth-order valence-electron chi connectivity index (χ4n) is 2.10. The molecule has 2 rings (SSSR count). The van der Waals surface area contributed by atoms with Crippen molar-refractivity contribution in [2.45, 2.75) is 6.92 Å². The van der Waals surface area contributed by atoms with Gasteiger partial charge in [0.1, 0.15) is 12.3 Å². The van der Waals surface area contributed by atoms with Gasteiger partial charge in [-0.25, -0.2) is 0 Å². The third-order valence-corrected chi connectivity index (χ3v) is 4.05. The maximum atomic E-state index is 12.2. The first-order valence-electron chi connectivity index (χ1n) is 6.80. The van der Waals surface area contributed by atoms with Gasteiger partial charge in [0.05, 0.1) is 11.6 Å². The van der Waals surface area contributed by atoms with Crippen molar-refractivity contribution in [2.75, 3.05) is 20.3 Å². The maximum Gasteiger partial charge on any atom is 0.276 e. The number of benzene rings is 1. The summed E-state index contributed by atoms with van der Waals surface area (Å²) >= 11 is 8.56. The summed E-state index contributed by atoms with van der Waals surface area (Å²) in [5.41, 5.74) is 1.18. The van der Waals surface area contributed by atoms with Crippen LogP contribution in [0.1, 0.15) is 12.5 Å². The number of likely N-dealkylation sites (N-methyl/N-ethyl adjacent to an activating group) is 1. The standard InChI is InChI=1S/C16H15BrN2O3S/c1-4-6-22-14-11(17)7-10(9-13(14)21-3)8-12-15(20)19(5-2)16(23)18-12/h1,7-9H,5-6H2,2-3H3,(H,18,23). The summed E-state index contributed by atoms with van der Waals surface area (Å²) in [6, 6.07) is 3.57. The molecule has 120 valence electrons. The number of rotatable bonds is 5. The summed E-state index contributed by atoms with van der Waals surface area (Å²) < 4.78 is 11.5. The number of carbonyl (C=O) groups excluding carboxylic acids is 1. The Morgan fingerprint density at radius 2 is 2.26 bits per heavy atom. The molecule has 0 spiro atoms. The van der Waals surface area contributed by atoms with Crippen molar-refractivity contribution in [3.63, 3.8) is 0 Å². The number of terminal acetylenes is 1. The van der Waals surface area contributed by atoms with Gasteiger partial charge in [-0.05, 0) is 58.8 Å². The highest BCUT2D eigenvalue weighted by molar-refractivity contribution is 9.10. The molecule has 1 N–H and O–H groups in total. The van der Waals surface area contributed by atoms with E-state index in [1.54, 1.807) is 12.1 Å². The Kier molecular flexibility index (Phi) is 5.64. The molecule has 1 heterocycles. The summed E-state index contributed by atoms with van der Waals surface area (Å²) in [5, 5.41) is 3.32. The van der Waals surface area contributed by atoms with Crippen molar-refractivity contribution >= 4 is 45.2 Å². The zero-order valence-electron chi connectivity index (χ0n) is 12.7. The molecule has 23 heavy (non-hydrogen) atoms. The van der Waals surface area contributed by atoms with E-state index in [2.05, 4.69) is 27.2 Å². The minimum Gasteiger partial charge on any atom is -0.493 e. The molecule has 0 aliphatic carbocycles. The number of nitrogens with zero attached hydrogens (tertiary/aromatic N) is 1. The number of hydrogen-bond acceptors (Lipinski definition) is 4. The molecule has 1 saturated heterocycles. The van der Waals surface area contributed by atoms with Crippen molar-refractivity contribution in [3.05, 3.63) is 27.9 Å².